The molecule has 2 atom stereocenters. The summed E-state index contributed by atoms with van der Waals surface area (Å²) in [5.41, 5.74) is 0. The first-order valence-electron chi connectivity index (χ1n) is 6.04. The molecule has 2 heterocycles. The van der Waals surface area contributed by atoms with Crippen LogP contribution >= 0.6 is 0 Å². The Morgan fingerprint density at radius 3 is 2.65 bits per heavy atom. The second kappa shape index (κ2) is 5.15. The van der Waals surface area contributed by atoms with E-state index < -0.39 is 28.1 Å². The van der Waals surface area contributed by atoms with Crippen LogP contribution in [0.25, 0.3) is 0 Å². The Kier molecular flexibility index (Phi) is 3.85. The van der Waals surface area contributed by atoms with Gasteiger partial charge in [0.1, 0.15) is 11.9 Å². The maximum atomic E-state index is 12.5. The minimum absolute atomic E-state index is 0.0193. The molecule has 0 amide bonds. The third kappa shape index (κ3) is 2.43. The maximum Gasteiger partial charge on any atom is 0.322 e. The van der Waals surface area contributed by atoms with Crippen LogP contribution in [0.2, 0.25) is 0 Å². The number of aliphatic carboxylic acids is 1. The van der Waals surface area contributed by atoms with Crippen LogP contribution in [0.4, 0.5) is 0 Å². The normalized spacial score (nSPS) is 24.1. The van der Waals surface area contributed by atoms with E-state index in [4.69, 9.17) is 4.74 Å². The summed E-state index contributed by atoms with van der Waals surface area (Å²) >= 11 is 0. The summed E-state index contributed by atoms with van der Waals surface area (Å²) in [6.45, 7) is 1.70. The van der Waals surface area contributed by atoms with Crippen LogP contribution in [0, 0.1) is 6.92 Å². The molecule has 0 aliphatic carbocycles. The average molecular weight is 303 g/mol. The van der Waals surface area contributed by atoms with Crippen molar-refractivity contribution in [3.63, 3.8) is 0 Å². The van der Waals surface area contributed by atoms with Crippen molar-refractivity contribution in [1.82, 2.24) is 13.9 Å². The SMILES string of the molecule is COC1CC(C(=O)O)N(S(=O)(=O)c2cn(C)c(C)n2)C1. The van der Waals surface area contributed by atoms with E-state index in [2.05, 4.69) is 4.98 Å². The van der Waals surface area contributed by atoms with Gasteiger partial charge in [-0.25, -0.2) is 13.4 Å². The maximum absolute atomic E-state index is 12.5. The number of imidazole rings is 1. The zero-order valence-corrected chi connectivity index (χ0v) is 12.3. The summed E-state index contributed by atoms with van der Waals surface area (Å²) in [5.74, 6) is -0.640. The highest BCUT2D eigenvalue weighted by Crippen LogP contribution is 2.27. The molecule has 0 spiro atoms. The largest absolute Gasteiger partial charge is 0.480 e. The Hall–Kier alpha value is -1.45. The fraction of sp³-hybridized carbons (Fsp3) is 0.636. The highest BCUT2D eigenvalue weighted by Gasteiger charge is 2.45. The smallest absolute Gasteiger partial charge is 0.322 e. The number of nitrogens with zero attached hydrogens (tertiary/aromatic N) is 3. The first-order chi connectivity index (χ1) is 9.27. The molecule has 1 saturated heterocycles. The molecule has 0 bridgehead atoms. The van der Waals surface area contributed by atoms with Crippen LogP contribution in [0.15, 0.2) is 11.2 Å². The van der Waals surface area contributed by atoms with E-state index >= 15 is 0 Å². The number of rotatable bonds is 4. The minimum Gasteiger partial charge on any atom is -0.480 e. The number of hydrogen-bond donors (Lipinski definition) is 1. The van der Waals surface area contributed by atoms with Crippen molar-refractivity contribution in [2.24, 2.45) is 7.05 Å². The molecule has 0 saturated carbocycles. The molecule has 8 nitrogen and oxygen atoms in total. The molecule has 1 aromatic heterocycles. The number of carboxylic acid groups (broad SMARTS) is 1. The van der Waals surface area contributed by atoms with Crippen molar-refractivity contribution in [2.75, 3.05) is 13.7 Å². The zero-order chi connectivity index (χ0) is 15.1. The van der Waals surface area contributed by atoms with Gasteiger partial charge in [0.05, 0.1) is 6.10 Å². The zero-order valence-electron chi connectivity index (χ0n) is 11.5. The third-order valence-corrected chi connectivity index (χ3v) is 5.24. The molecule has 0 radical (unpaired) electrons. The number of sulfonamides is 1. The molecule has 112 valence electrons. The first-order valence-corrected chi connectivity index (χ1v) is 7.48. The predicted molar refractivity (Wildman–Crippen MR) is 68.7 cm³/mol. The van der Waals surface area contributed by atoms with Crippen molar-refractivity contribution in [2.45, 2.75) is 30.5 Å². The molecule has 1 fully saturated rings. The van der Waals surface area contributed by atoms with Gasteiger partial charge in [-0.1, -0.05) is 0 Å². The molecule has 1 aliphatic heterocycles. The van der Waals surface area contributed by atoms with Gasteiger partial charge in [0.2, 0.25) is 0 Å². The highest BCUT2D eigenvalue weighted by atomic mass is 32.2. The van der Waals surface area contributed by atoms with E-state index in [0.717, 1.165) is 4.31 Å². The molecular weight excluding hydrogens is 286 g/mol. The van der Waals surface area contributed by atoms with Crippen LogP contribution < -0.4 is 0 Å². The average Bonchev–Trinajstić information content (AvgIpc) is 2.95. The molecule has 0 aromatic carbocycles. The number of carbonyl (C=O) groups is 1. The van der Waals surface area contributed by atoms with Crippen molar-refractivity contribution in [3.05, 3.63) is 12.0 Å². The van der Waals surface area contributed by atoms with Crippen LogP contribution in [0.1, 0.15) is 12.2 Å². The second-order valence-corrected chi connectivity index (χ2v) is 6.60. The second-order valence-electron chi connectivity index (χ2n) is 4.76. The Balaban J connectivity index is 2.39. The van der Waals surface area contributed by atoms with Crippen molar-refractivity contribution in [3.8, 4) is 0 Å². The van der Waals surface area contributed by atoms with Gasteiger partial charge >= 0.3 is 5.97 Å². The molecule has 1 N–H and O–H groups in total. The summed E-state index contributed by atoms with van der Waals surface area (Å²) in [6, 6.07) is -1.12. The lowest BCUT2D eigenvalue weighted by Gasteiger charge is -2.19. The Bertz CT molecular complexity index is 605. The lowest BCUT2D eigenvalue weighted by molar-refractivity contribution is -0.140. The van der Waals surface area contributed by atoms with E-state index in [1.54, 1.807) is 18.5 Å². The van der Waals surface area contributed by atoms with Crippen molar-refractivity contribution < 1.29 is 23.1 Å². The molecule has 1 aromatic rings. The first kappa shape index (κ1) is 14.9. The van der Waals surface area contributed by atoms with E-state index in [1.807, 2.05) is 0 Å². The highest BCUT2D eigenvalue weighted by molar-refractivity contribution is 7.89. The van der Waals surface area contributed by atoms with Gasteiger partial charge in [0, 0.05) is 33.3 Å². The van der Waals surface area contributed by atoms with Crippen LogP contribution in [0.3, 0.4) is 0 Å². The van der Waals surface area contributed by atoms with Gasteiger partial charge in [-0.05, 0) is 6.92 Å². The lowest BCUT2D eigenvalue weighted by Crippen LogP contribution is -2.40. The number of carboxylic acids is 1. The minimum atomic E-state index is -3.94. The number of ether oxygens (including phenoxy) is 1. The van der Waals surface area contributed by atoms with E-state index in [9.17, 15) is 18.3 Å². The van der Waals surface area contributed by atoms with Crippen molar-refractivity contribution in [1.29, 1.82) is 0 Å². The van der Waals surface area contributed by atoms with Gasteiger partial charge in [-0.2, -0.15) is 4.31 Å². The summed E-state index contributed by atoms with van der Waals surface area (Å²) in [7, 11) is -0.823. The number of methoxy groups -OCH3 is 1. The molecule has 1 aliphatic rings. The lowest BCUT2D eigenvalue weighted by atomic mass is 10.2. The molecule has 2 unspecified atom stereocenters. The molecule has 20 heavy (non-hydrogen) atoms. The van der Waals surface area contributed by atoms with Crippen molar-refractivity contribution >= 4 is 16.0 Å². The summed E-state index contributed by atoms with van der Waals surface area (Å²) < 4.78 is 32.6. The Morgan fingerprint density at radius 1 is 1.55 bits per heavy atom. The van der Waals surface area contributed by atoms with Gasteiger partial charge in [-0.15, -0.1) is 0 Å². The molecule has 9 heteroatoms. The Morgan fingerprint density at radius 2 is 2.20 bits per heavy atom. The predicted octanol–water partition coefficient (Wildman–Crippen LogP) is -0.409. The fourth-order valence-electron chi connectivity index (χ4n) is 2.20. The van der Waals surface area contributed by atoms with Crippen LogP contribution in [-0.2, 0) is 26.6 Å². The van der Waals surface area contributed by atoms with Gasteiger partial charge in [0.15, 0.2) is 5.03 Å². The van der Waals surface area contributed by atoms with Crippen LogP contribution in [-0.4, -0.2) is 59.2 Å². The van der Waals surface area contributed by atoms with Gasteiger partial charge < -0.3 is 14.4 Å². The topological polar surface area (TPSA) is 102 Å². The third-order valence-electron chi connectivity index (χ3n) is 3.50. The quantitative estimate of drug-likeness (QED) is 0.811. The summed E-state index contributed by atoms with van der Waals surface area (Å²) in [6.07, 6.45) is 1.09. The Labute approximate surface area is 117 Å². The molecular formula is C11H17N3O5S. The monoisotopic (exact) mass is 303 g/mol. The summed E-state index contributed by atoms with van der Waals surface area (Å²) in [4.78, 5) is 15.2. The van der Waals surface area contributed by atoms with E-state index in [-0.39, 0.29) is 18.0 Å². The van der Waals surface area contributed by atoms with Gasteiger partial charge in [0.25, 0.3) is 10.0 Å². The molecule has 2 rings (SSSR count). The summed E-state index contributed by atoms with van der Waals surface area (Å²) in [5, 5.41) is 9.04. The standard InChI is InChI=1S/C11H17N3O5S/c1-7-12-10(6-13(7)2)20(17,18)14-5-8(19-3)4-9(14)11(15)16/h6,8-9H,4-5H2,1-3H3,(H,15,16). The number of aromatic nitrogens is 2. The van der Waals surface area contributed by atoms with Gasteiger partial charge in [-0.3, -0.25) is 4.79 Å². The van der Waals surface area contributed by atoms with Crippen LogP contribution in [0.5, 0.6) is 0 Å². The fourth-order valence-corrected chi connectivity index (χ4v) is 3.85. The van der Waals surface area contributed by atoms with E-state index in [1.165, 1.54) is 13.3 Å². The number of aryl methyl sites for hydroxylation is 2. The number of hydrogen-bond acceptors (Lipinski definition) is 5. The van der Waals surface area contributed by atoms with E-state index in [0.29, 0.717) is 5.82 Å².